The van der Waals surface area contributed by atoms with Crippen molar-refractivity contribution in [3.05, 3.63) is 86.5 Å². The Hall–Kier alpha value is -3.32. The van der Waals surface area contributed by atoms with Gasteiger partial charge in [0.2, 0.25) is 0 Å². The quantitative estimate of drug-likeness (QED) is 0.567. The topological polar surface area (TPSA) is 83.4 Å². The largest absolute Gasteiger partial charge is 0.309 e. The van der Waals surface area contributed by atoms with Gasteiger partial charge < -0.3 is 4.98 Å². The van der Waals surface area contributed by atoms with E-state index in [4.69, 9.17) is 0 Å². The zero-order chi connectivity index (χ0) is 20.5. The first-order valence-corrected chi connectivity index (χ1v) is 9.61. The zero-order valence-electron chi connectivity index (χ0n) is 16.7. The smallest absolute Gasteiger partial charge is 0.258 e. The third-order valence-electron chi connectivity index (χ3n) is 4.97. The van der Waals surface area contributed by atoms with Crippen LogP contribution in [0.1, 0.15) is 30.9 Å². The molecule has 0 bridgehead atoms. The summed E-state index contributed by atoms with van der Waals surface area (Å²) in [6, 6.07) is 12.8. The molecule has 4 aromatic rings. The second-order valence-corrected chi connectivity index (χ2v) is 7.55. The Bertz CT molecular complexity index is 1310. The van der Waals surface area contributed by atoms with Gasteiger partial charge in [-0.2, -0.15) is 0 Å². The number of benzene rings is 1. The van der Waals surface area contributed by atoms with Crippen LogP contribution in [0.4, 0.5) is 0 Å². The van der Waals surface area contributed by atoms with E-state index in [9.17, 15) is 9.59 Å². The van der Waals surface area contributed by atoms with Crippen LogP contribution in [0.5, 0.6) is 0 Å². The number of H-pyrrole nitrogens is 1. The maximum Gasteiger partial charge on any atom is 0.258 e. The van der Waals surface area contributed by atoms with Crippen LogP contribution in [0, 0.1) is 6.92 Å². The molecule has 7 nitrogen and oxygen atoms in total. The highest BCUT2D eigenvalue weighted by atomic mass is 16.1. The molecule has 0 saturated heterocycles. The van der Waals surface area contributed by atoms with Crippen LogP contribution in [0.25, 0.3) is 16.6 Å². The van der Waals surface area contributed by atoms with Crippen molar-refractivity contribution >= 4 is 16.6 Å². The summed E-state index contributed by atoms with van der Waals surface area (Å²) in [6.07, 6.45) is 1.79. The standard InChI is InChI=1S/C22H23N5O2/c1-14(2)26(13-19-24-18-7-5-4-6-17(18)22(29)25-19)12-16-10-21(28)27-11-15(3)8-9-20(27)23-16/h4-11,14H,12-13H2,1-3H3,(H,24,25,29). The molecule has 1 aromatic carbocycles. The summed E-state index contributed by atoms with van der Waals surface area (Å²) in [7, 11) is 0. The number of fused-ring (bicyclic) bond motifs is 2. The first-order chi connectivity index (χ1) is 13.9. The number of aromatic nitrogens is 4. The number of aromatic amines is 1. The van der Waals surface area contributed by atoms with E-state index in [1.165, 1.54) is 0 Å². The van der Waals surface area contributed by atoms with Gasteiger partial charge in [-0.15, -0.1) is 0 Å². The van der Waals surface area contributed by atoms with Gasteiger partial charge in [0.1, 0.15) is 11.5 Å². The van der Waals surface area contributed by atoms with E-state index in [1.807, 2.05) is 37.3 Å². The van der Waals surface area contributed by atoms with Gasteiger partial charge in [0, 0.05) is 24.8 Å². The van der Waals surface area contributed by atoms with Crippen LogP contribution in [-0.2, 0) is 13.1 Å². The maximum absolute atomic E-state index is 12.5. The lowest BCUT2D eigenvalue weighted by Gasteiger charge is -2.25. The molecule has 0 spiro atoms. The molecule has 0 aliphatic heterocycles. The van der Waals surface area contributed by atoms with Crippen molar-refractivity contribution in [1.29, 1.82) is 0 Å². The molecule has 3 heterocycles. The Balaban J connectivity index is 1.65. The summed E-state index contributed by atoms with van der Waals surface area (Å²) >= 11 is 0. The predicted molar refractivity (Wildman–Crippen MR) is 113 cm³/mol. The molecule has 7 heteroatoms. The molecule has 0 saturated carbocycles. The Morgan fingerprint density at radius 1 is 1.07 bits per heavy atom. The lowest BCUT2D eigenvalue weighted by molar-refractivity contribution is 0.196. The molecule has 0 aliphatic rings. The number of rotatable bonds is 5. The van der Waals surface area contributed by atoms with Crippen molar-refractivity contribution in [3.63, 3.8) is 0 Å². The van der Waals surface area contributed by atoms with Crippen LogP contribution in [0.2, 0.25) is 0 Å². The summed E-state index contributed by atoms with van der Waals surface area (Å²) in [5.41, 5.74) is 2.74. The van der Waals surface area contributed by atoms with Crippen LogP contribution < -0.4 is 11.1 Å². The predicted octanol–water partition coefficient (Wildman–Crippen LogP) is 2.65. The van der Waals surface area contributed by atoms with Crippen molar-refractivity contribution in [2.75, 3.05) is 0 Å². The SMILES string of the molecule is Cc1ccc2nc(CN(Cc3nc4ccccc4c(=O)[nH]3)C(C)C)cc(=O)n2c1. The molecule has 0 radical (unpaired) electrons. The van der Waals surface area contributed by atoms with Gasteiger partial charge in [0.05, 0.1) is 23.1 Å². The lowest BCUT2D eigenvalue weighted by Crippen LogP contribution is -2.32. The van der Waals surface area contributed by atoms with E-state index in [0.717, 1.165) is 5.56 Å². The average Bonchev–Trinajstić information content (AvgIpc) is 2.68. The van der Waals surface area contributed by atoms with Crippen molar-refractivity contribution < 1.29 is 0 Å². The van der Waals surface area contributed by atoms with Gasteiger partial charge >= 0.3 is 0 Å². The fourth-order valence-corrected chi connectivity index (χ4v) is 3.37. The molecule has 4 rings (SSSR count). The molecular formula is C22H23N5O2. The molecule has 0 atom stereocenters. The molecule has 0 aliphatic carbocycles. The number of para-hydroxylation sites is 1. The van der Waals surface area contributed by atoms with E-state index in [2.05, 4.69) is 33.7 Å². The van der Waals surface area contributed by atoms with Crippen molar-refractivity contribution in [2.24, 2.45) is 0 Å². The van der Waals surface area contributed by atoms with Crippen LogP contribution in [0.3, 0.4) is 0 Å². The molecule has 0 amide bonds. The van der Waals surface area contributed by atoms with Crippen molar-refractivity contribution in [2.45, 2.75) is 39.9 Å². The monoisotopic (exact) mass is 389 g/mol. The van der Waals surface area contributed by atoms with E-state index >= 15 is 0 Å². The highest BCUT2D eigenvalue weighted by Crippen LogP contribution is 2.12. The molecule has 1 N–H and O–H groups in total. The summed E-state index contributed by atoms with van der Waals surface area (Å²) in [5, 5.41) is 0.576. The van der Waals surface area contributed by atoms with Gasteiger partial charge in [0.25, 0.3) is 11.1 Å². The Morgan fingerprint density at radius 2 is 1.86 bits per heavy atom. The molecule has 0 fully saturated rings. The molecule has 0 unspecified atom stereocenters. The second kappa shape index (κ2) is 7.60. The third kappa shape index (κ3) is 3.95. The average molecular weight is 389 g/mol. The summed E-state index contributed by atoms with van der Waals surface area (Å²) in [5.74, 6) is 0.593. The van der Waals surface area contributed by atoms with E-state index in [1.54, 1.807) is 22.7 Å². The van der Waals surface area contributed by atoms with E-state index in [-0.39, 0.29) is 17.2 Å². The lowest BCUT2D eigenvalue weighted by atomic mass is 10.2. The number of pyridine rings is 1. The zero-order valence-corrected chi connectivity index (χ0v) is 16.7. The highest BCUT2D eigenvalue weighted by Gasteiger charge is 2.15. The minimum Gasteiger partial charge on any atom is -0.309 e. The number of aryl methyl sites for hydroxylation is 1. The van der Waals surface area contributed by atoms with Crippen molar-refractivity contribution in [1.82, 2.24) is 24.3 Å². The Labute approximate surface area is 167 Å². The minimum atomic E-state index is -0.147. The second-order valence-electron chi connectivity index (χ2n) is 7.55. The summed E-state index contributed by atoms with van der Waals surface area (Å²) in [4.78, 5) is 39.1. The van der Waals surface area contributed by atoms with E-state index < -0.39 is 0 Å². The Kier molecular flexibility index (Phi) is 4.98. The highest BCUT2D eigenvalue weighted by molar-refractivity contribution is 5.77. The number of nitrogens with zero attached hydrogens (tertiary/aromatic N) is 4. The fraction of sp³-hybridized carbons (Fsp3) is 0.273. The maximum atomic E-state index is 12.5. The van der Waals surface area contributed by atoms with Gasteiger partial charge in [-0.1, -0.05) is 18.2 Å². The van der Waals surface area contributed by atoms with Gasteiger partial charge in [-0.05, 0) is 44.5 Å². The first-order valence-electron chi connectivity index (χ1n) is 9.61. The fourth-order valence-electron chi connectivity index (χ4n) is 3.37. The molecule has 148 valence electrons. The van der Waals surface area contributed by atoms with Gasteiger partial charge in [-0.3, -0.25) is 18.9 Å². The molecular weight excluding hydrogens is 366 g/mol. The molecule has 3 aromatic heterocycles. The van der Waals surface area contributed by atoms with Gasteiger partial charge in [-0.25, -0.2) is 9.97 Å². The van der Waals surface area contributed by atoms with Crippen LogP contribution >= 0.6 is 0 Å². The minimum absolute atomic E-state index is 0.102. The normalized spacial score (nSPS) is 11.8. The Morgan fingerprint density at radius 3 is 2.66 bits per heavy atom. The summed E-state index contributed by atoms with van der Waals surface area (Å²) < 4.78 is 1.56. The number of hydrogen-bond donors (Lipinski definition) is 1. The third-order valence-corrected chi connectivity index (χ3v) is 4.97. The van der Waals surface area contributed by atoms with Crippen LogP contribution in [0.15, 0.2) is 58.3 Å². The van der Waals surface area contributed by atoms with Crippen LogP contribution in [-0.4, -0.2) is 30.3 Å². The van der Waals surface area contributed by atoms with Crippen molar-refractivity contribution in [3.8, 4) is 0 Å². The van der Waals surface area contributed by atoms with Gasteiger partial charge in [0.15, 0.2) is 0 Å². The molecule has 29 heavy (non-hydrogen) atoms. The number of hydrogen-bond acceptors (Lipinski definition) is 5. The first kappa shape index (κ1) is 19.0. The van der Waals surface area contributed by atoms with E-state index in [0.29, 0.717) is 41.2 Å². The number of nitrogens with one attached hydrogen (secondary N) is 1. The summed E-state index contributed by atoms with van der Waals surface area (Å²) in [6.45, 7) is 7.00.